The van der Waals surface area contributed by atoms with E-state index in [-0.39, 0.29) is 11.8 Å². The summed E-state index contributed by atoms with van der Waals surface area (Å²) in [6.45, 7) is 6.12. The highest BCUT2D eigenvalue weighted by molar-refractivity contribution is 6.21. The molecule has 4 heteroatoms. The molecule has 1 amide bonds. The molecule has 22 heavy (non-hydrogen) atoms. The van der Waals surface area contributed by atoms with Crippen molar-refractivity contribution in [1.29, 1.82) is 0 Å². The SMILES string of the molecule is CCC1C(=O)N(c2ccc(C)c(C)c2)N=C1c1cccnc1. The largest absolute Gasteiger partial charge is 0.272 e. The number of nitrogens with zero attached hydrogens (tertiary/aromatic N) is 3. The Labute approximate surface area is 130 Å². The molecule has 0 saturated heterocycles. The van der Waals surface area contributed by atoms with Crippen LogP contribution in [0.5, 0.6) is 0 Å². The number of anilines is 1. The summed E-state index contributed by atoms with van der Waals surface area (Å²) in [5, 5.41) is 6.12. The molecule has 0 radical (unpaired) electrons. The minimum Gasteiger partial charge on any atom is -0.272 e. The molecule has 0 aliphatic carbocycles. The van der Waals surface area contributed by atoms with Crippen molar-refractivity contribution in [3.8, 4) is 0 Å². The van der Waals surface area contributed by atoms with Gasteiger partial charge in [-0.2, -0.15) is 10.1 Å². The van der Waals surface area contributed by atoms with Crippen molar-refractivity contribution in [2.75, 3.05) is 5.01 Å². The number of carbonyl (C=O) groups is 1. The van der Waals surface area contributed by atoms with E-state index in [1.165, 1.54) is 10.6 Å². The highest BCUT2D eigenvalue weighted by Gasteiger charge is 2.36. The van der Waals surface area contributed by atoms with Gasteiger partial charge in [-0.15, -0.1) is 0 Å². The van der Waals surface area contributed by atoms with Gasteiger partial charge in [-0.05, 0) is 55.7 Å². The predicted octanol–water partition coefficient (Wildman–Crippen LogP) is 3.48. The van der Waals surface area contributed by atoms with E-state index in [0.717, 1.165) is 28.9 Å². The highest BCUT2D eigenvalue weighted by atomic mass is 16.2. The van der Waals surface area contributed by atoms with Gasteiger partial charge in [0.1, 0.15) is 0 Å². The molecule has 4 nitrogen and oxygen atoms in total. The van der Waals surface area contributed by atoms with Crippen molar-refractivity contribution in [2.24, 2.45) is 11.0 Å². The van der Waals surface area contributed by atoms with E-state index in [4.69, 9.17) is 0 Å². The third-order valence-electron chi connectivity index (χ3n) is 4.15. The molecule has 0 spiro atoms. The lowest BCUT2D eigenvalue weighted by Gasteiger charge is -2.14. The number of carbonyl (C=O) groups excluding carboxylic acids is 1. The zero-order valence-electron chi connectivity index (χ0n) is 13.1. The van der Waals surface area contributed by atoms with Crippen LogP contribution in [0.25, 0.3) is 0 Å². The van der Waals surface area contributed by atoms with Crippen molar-refractivity contribution < 1.29 is 4.79 Å². The Kier molecular flexibility index (Phi) is 3.75. The summed E-state index contributed by atoms with van der Waals surface area (Å²) in [7, 11) is 0. The molecule has 3 rings (SSSR count). The molecule has 0 saturated carbocycles. The number of amides is 1. The minimum atomic E-state index is -0.203. The molecule has 1 aliphatic rings. The lowest BCUT2D eigenvalue weighted by Crippen LogP contribution is -2.27. The lowest BCUT2D eigenvalue weighted by atomic mass is 9.95. The van der Waals surface area contributed by atoms with E-state index in [1.54, 1.807) is 12.4 Å². The van der Waals surface area contributed by atoms with E-state index in [0.29, 0.717) is 0 Å². The molecule has 2 heterocycles. The maximum Gasteiger partial charge on any atom is 0.256 e. The average molecular weight is 293 g/mol. The van der Waals surface area contributed by atoms with Crippen LogP contribution in [-0.2, 0) is 4.79 Å². The summed E-state index contributed by atoms with van der Waals surface area (Å²) < 4.78 is 0. The van der Waals surface area contributed by atoms with Crippen LogP contribution in [-0.4, -0.2) is 16.6 Å². The molecule has 1 unspecified atom stereocenters. The number of pyridine rings is 1. The zero-order valence-corrected chi connectivity index (χ0v) is 13.1. The summed E-state index contributed by atoms with van der Waals surface area (Å²) in [6, 6.07) is 9.80. The first kappa shape index (κ1) is 14.4. The number of rotatable bonds is 3. The molecule has 112 valence electrons. The molecule has 0 bridgehead atoms. The molecule has 1 atom stereocenters. The van der Waals surface area contributed by atoms with Crippen LogP contribution < -0.4 is 5.01 Å². The smallest absolute Gasteiger partial charge is 0.256 e. The van der Waals surface area contributed by atoms with Gasteiger partial charge < -0.3 is 0 Å². The molecular weight excluding hydrogens is 274 g/mol. The van der Waals surface area contributed by atoms with E-state index >= 15 is 0 Å². The molecule has 0 fully saturated rings. The van der Waals surface area contributed by atoms with Crippen LogP contribution in [0.2, 0.25) is 0 Å². The normalized spacial score (nSPS) is 17.8. The standard InChI is InChI=1S/C18H19N3O/c1-4-16-17(14-6-5-9-19-11-14)20-21(18(16)22)15-8-7-12(2)13(3)10-15/h5-11,16H,4H2,1-3H3. The van der Waals surface area contributed by atoms with Crippen molar-refractivity contribution in [1.82, 2.24) is 4.98 Å². The third-order valence-corrected chi connectivity index (χ3v) is 4.15. The molecule has 0 N–H and O–H groups in total. The van der Waals surface area contributed by atoms with Gasteiger partial charge in [-0.3, -0.25) is 9.78 Å². The minimum absolute atomic E-state index is 0.0320. The zero-order chi connectivity index (χ0) is 15.7. The predicted molar refractivity (Wildman–Crippen MR) is 88.0 cm³/mol. The van der Waals surface area contributed by atoms with Gasteiger partial charge in [-0.1, -0.05) is 13.0 Å². The van der Waals surface area contributed by atoms with Gasteiger partial charge in [0.15, 0.2) is 0 Å². The van der Waals surface area contributed by atoms with Crippen molar-refractivity contribution in [3.05, 3.63) is 59.4 Å². The summed E-state index contributed by atoms with van der Waals surface area (Å²) in [5.74, 6) is -0.171. The Morgan fingerprint density at radius 1 is 1.18 bits per heavy atom. The molecule has 1 aliphatic heterocycles. The van der Waals surface area contributed by atoms with E-state index in [1.807, 2.05) is 44.2 Å². The van der Waals surface area contributed by atoms with E-state index < -0.39 is 0 Å². The second-order valence-electron chi connectivity index (χ2n) is 5.61. The lowest BCUT2D eigenvalue weighted by molar-refractivity contribution is -0.119. The first-order valence-corrected chi connectivity index (χ1v) is 7.52. The number of hydrogen-bond donors (Lipinski definition) is 0. The Morgan fingerprint density at radius 3 is 2.64 bits per heavy atom. The van der Waals surface area contributed by atoms with Gasteiger partial charge in [0.25, 0.3) is 5.91 Å². The fourth-order valence-corrected chi connectivity index (χ4v) is 2.67. The molecule has 2 aromatic rings. The van der Waals surface area contributed by atoms with Crippen LogP contribution in [0.1, 0.15) is 30.0 Å². The number of aromatic nitrogens is 1. The first-order chi connectivity index (χ1) is 10.6. The third kappa shape index (κ3) is 2.41. The second kappa shape index (κ2) is 5.72. The van der Waals surface area contributed by atoms with Crippen LogP contribution in [0.4, 0.5) is 5.69 Å². The van der Waals surface area contributed by atoms with Gasteiger partial charge in [-0.25, -0.2) is 0 Å². The topological polar surface area (TPSA) is 45.6 Å². The van der Waals surface area contributed by atoms with Gasteiger partial charge in [0, 0.05) is 18.0 Å². The fraction of sp³-hybridized carbons (Fsp3) is 0.278. The number of aryl methyl sites for hydroxylation is 2. The van der Waals surface area contributed by atoms with E-state index in [9.17, 15) is 4.79 Å². The summed E-state index contributed by atoms with van der Waals surface area (Å²) in [6.07, 6.45) is 4.22. The molecule has 1 aromatic carbocycles. The fourth-order valence-electron chi connectivity index (χ4n) is 2.67. The van der Waals surface area contributed by atoms with Crippen LogP contribution in [0.15, 0.2) is 47.8 Å². The highest BCUT2D eigenvalue weighted by Crippen LogP contribution is 2.29. The molecule has 1 aromatic heterocycles. The number of benzene rings is 1. The second-order valence-corrected chi connectivity index (χ2v) is 5.61. The molecular formula is C18H19N3O. The quantitative estimate of drug-likeness (QED) is 0.869. The maximum absolute atomic E-state index is 12.7. The van der Waals surface area contributed by atoms with Crippen molar-refractivity contribution in [3.63, 3.8) is 0 Å². The first-order valence-electron chi connectivity index (χ1n) is 7.52. The van der Waals surface area contributed by atoms with Crippen molar-refractivity contribution >= 4 is 17.3 Å². The summed E-state index contributed by atoms with van der Waals surface area (Å²) in [5.41, 5.74) is 4.90. The number of hydrogen-bond acceptors (Lipinski definition) is 3. The van der Waals surface area contributed by atoms with Crippen LogP contribution in [0, 0.1) is 19.8 Å². The maximum atomic E-state index is 12.7. The average Bonchev–Trinajstić information content (AvgIpc) is 2.87. The van der Waals surface area contributed by atoms with E-state index in [2.05, 4.69) is 17.0 Å². The number of hydrazone groups is 1. The van der Waals surface area contributed by atoms with Crippen molar-refractivity contribution in [2.45, 2.75) is 27.2 Å². The van der Waals surface area contributed by atoms with Crippen LogP contribution >= 0.6 is 0 Å². The Hall–Kier alpha value is -2.49. The Balaban J connectivity index is 2.03. The Morgan fingerprint density at radius 2 is 2.00 bits per heavy atom. The van der Waals surface area contributed by atoms with Gasteiger partial charge in [0.05, 0.1) is 17.3 Å². The summed E-state index contributed by atoms with van der Waals surface area (Å²) in [4.78, 5) is 16.8. The monoisotopic (exact) mass is 293 g/mol. The van der Waals surface area contributed by atoms with Gasteiger partial charge in [0.2, 0.25) is 0 Å². The summed E-state index contributed by atoms with van der Waals surface area (Å²) >= 11 is 0. The Bertz CT molecular complexity index is 737. The van der Waals surface area contributed by atoms with Crippen LogP contribution in [0.3, 0.4) is 0 Å². The van der Waals surface area contributed by atoms with Gasteiger partial charge >= 0.3 is 0 Å².